The van der Waals surface area contributed by atoms with Crippen LogP contribution in [-0.2, 0) is 27.9 Å². The molecule has 0 bridgehead atoms. The lowest BCUT2D eigenvalue weighted by molar-refractivity contribution is -0.154. The van der Waals surface area contributed by atoms with Crippen LogP contribution in [0.5, 0.6) is 0 Å². The van der Waals surface area contributed by atoms with Crippen molar-refractivity contribution in [1.29, 1.82) is 0 Å². The number of ether oxygens (including phenoxy) is 2. The number of phosphoric acid groups is 1. The Kier molecular flexibility index (Phi) is 41.8. The lowest BCUT2D eigenvalue weighted by atomic mass is 10.1. The van der Waals surface area contributed by atoms with Gasteiger partial charge in [-0.05, 0) is 70.6 Å². The van der Waals surface area contributed by atoms with Gasteiger partial charge in [0.25, 0.3) is 0 Å². The number of allylic oxidation sites excluding steroid dienone is 6. The predicted octanol–water partition coefficient (Wildman–Crippen LogP) is 13.4. The van der Waals surface area contributed by atoms with E-state index in [1.165, 1.54) is 141 Å². The smallest absolute Gasteiger partial charge is 0.457 e. The highest BCUT2D eigenvalue weighted by Crippen LogP contribution is 2.43. The molecule has 0 heterocycles. The summed E-state index contributed by atoms with van der Waals surface area (Å²) in [6, 6.07) is 0. The van der Waals surface area contributed by atoms with Crippen molar-refractivity contribution in [3.63, 3.8) is 0 Å². The van der Waals surface area contributed by atoms with Gasteiger partial charge in [-0.3, -0.25) is 13.8 Å². The molecular formula is C45H86NO7P. The molecule has 2 unspecified atom stereocenters. The molecular weight excluding hydrogens is 697 g/mol. The van der Waals surface area contributed by atoms with Crippen molar-refractivity contribution in [3.05, 3.63) is 36.5 Å². The molecule has 54 heavy (non-hydrogen) atoms. The van der Waals surface area contributed by atoms with Crippen LogP contribution in [0.3, 0.4) is 0 Å². The molecule has 0 radical (unpaired) electrons. The highest BCUT2D eigenvalue weighted by atomic mass is 31.2. The first-order valence-electron chi connectivity index (χ1n) is 22.5. The molecule has 0 amide bonds. The highest BCUT2D eigenvalue weighted by Gasteiger charge is 2.25. The molecule has 0 spiro atoms. The number of esters is 1. The Morgan fingerprint density at radius 1 is 0.556 bits per heavy atom. The summed E-state index contributed by atoms with van der Waals surface area (Å²) < 4.78 is 33.5. The van der Waals surface area contributed by atoms with Gasteiger partial charge in [0.2, 0.25) is 0 Å². The normalized spacial score (nSPS) is 13.8. The molecule has 0 saturated heterocycles. The predicted molar refractivity (Wildman–Crippen MR) is 229 cm³/mol. The second-order valence-electron chi connectivity index (χ2n) is 14.9. The fourth-order valence-electron chi connectivity index (χ4n) is 6.20. The molecule has 0 saturated carbocycles. The molecule has 318 valence electrons. The molecule has 0 aliphatic heterocycles. The van der Waals surface area contributed by atoms with E-state index >= 15 is 0 Å². The number of carbonyl (C=O) groups is 1. The fourth-order valence-corrected chi connectivity index (χ4v) is 6.96. The number of rotatable bonds is 43. The third-order valence-electron chi connectivity index (χ3n) is 9.53. The zero-order chi connectivity index (χ0) is 39.5. The number of nitrogens with two attached hydrogens (primary N) is 1. The summed E-state index contributed by atoms with van der Waals surface area (Å²) in [6.07, 6.45) is 48.7. The van der Waals surface area contributed by atoms with Gasteiger partial charge < -0.3 is 20.1 Å². The van der Waals surface area contributed by atoms with E-state index in [1.807, 2.05) is 0 Å². The van der Waals surface area contributed by atoms with E-state index in [2.05, 4.69) is 50.3 Å². The Hall–Kier alpha value is -1.28. The molecule has 0 aliphatic carbocycles. The van der Waals surface area contributed by atoms with E-state index in [9.17, 15) is 14.3 Å². The molecule has 0 aromatic heterocycles. The average Bonchev–Trinajstić information content (AvgIpc) is 3.16. The van der Waals surface area contributed by atoms with Crippen molar-refractivity contribution in [2.24, 2.45) is 5.73 Å². The molecule has 0 aromatic rings. The number of unbranched alkanes of at least 4 members (excludes halogenated alkanes) is 24. The van der Waals surface area contributed by atoms with Crippen LogP contribution in [0.1, 0.15) is 206 Å². The molecule has 0 rings (SSSR count). The topological polar surface area (TPSA) is 117 Å². The second kappa shape index (κ2) is 42.9. The molecule has 3 N–H and O–H groups in total. The van der Waals surface area contributed by atoms with Crippen LogP contribution in [0.15, 0.2) is 36.5 Å². The molecule has 0 aliphatic rings. The summed E-state index contributed by atoms with van der Waals surface area (Å²) >= 11 is 0. The van der Waals surface area contributed by atoms with E-state index in [0.717, 1.165) is 44.9 Å². The monoisotopic (exact) mass is 784 g/mol. The minimum absolute atomic E-state index is 0.0978. The van der Waals surface area contributed by atoms with Gasteiger partial charge in [-0.1, -0.05) is 166 Å². The largest absolute Gasteiger partial charge is 0.472 e. The van der Waals surface area contributed by atoms with E-state index in [4.69, 9.17) is 24.3 Å². The number of phosphoric ester groups is 1. The SMILES string of the molecule is CCCCCC/C=C\C/C=C\CCCCCCCCCC(=O)OC(COCCCCCCCC/C=C\CCCCCCCCC)COP(=O)(O)OCCN. The van der Waals surface area contributed by atoms with Crippen molar-refractivity contribution >= 4 is 13.8 Å². The summed E-state index contributed by atoms with van der Waals surface area (Å²) in [4.78, 5) is 22.5. The zero-order valence-corrected chi connectivity index (χ0v) is 36.1. The number of hydrogen-bond acceptors (Lipinski definition) is 7. The van der Waals surface area contributed by atoms with Gasteiger partial charge in [0, 0.05) is 19.6 Å². The molecule has 8 nitrogen and oxygen atoms in total. The Bertz CT molecular complexity index is 926. The average molecular weight is 784 g/mol. The van der Waals surface area contributed by atoms with Crippen molar-refractivity contribution in [2.45, 2.75) is 213 Å². The first-order valence-corrected chi connectivity index (χ1v) is 24.0. The van der Waals surface area contributed by atoms with E-state index in [0.29, 0.717) is 13.0 Å². The van der Waals surface area contributed by atoms with Crippen LogP contribution in [0, 0.1) is 0 Å². The Balaban J connectivity index is 4.03. The van der Waals surface area contributed by atoms with Crippen molar-refractivity contribution in [2.75, 3.05) is 33.0 Å². The quantitative estimate of drug-likeness (QED) is 0.0272. The van der Waals surface area contributed by atoms with Crippen LogP contribution in [0.2, 0.25) is 0 Å². The van der Waals surface area contributed by atoms with Crippen LogP contribution in [-0.4, -0.2) is 49.9 Å². The molecule has 0 fully saturated rings. The summed E-state index contributed by atoms with van der Waals surface area (Å²) in [7, 11) is -4.28. The van der Waals surface area contributed by atoms with Gasteiger partial charge in [-0.2, -0.15) is 0 Å². The number of carbonyl (C=O) groups excluding carboxylic acids is 1. The van der Waals surface area contributed by atoms with E-state index in [1.54, 1.807) is 0 Å². The van der Waals surface area contributed by atoms with Gasteiger partial charge in [-0.15, -0.1) is 0 Å². The zero-order valence-electron chi connectivity index (χ0n) is 35.2. The van der Waals surface area contributed by atoms with Crippen molar-refractivity contribution in [3.8, 4) is 0 Å². The van der Waals surface area contributed by atoms with Crippen LogP contribution >= 0.6 is 7.82 Å². The Labute approximate surface area is 333 Å². The summed E-state index contributed by atoms with van der Waals surface area (Å²) in [5.41, 5.74) is 5.37. The highest BCUT2D eigenvalue weighted by molar-refractivity contribution is 7.47. The van der Waals surface area contributed by atoms with Gasteiger partial charge >= 0.3 is 13.8 Å². The molecule has 0 aromatic carbocycles. The first kappa shape index (κ1) is 52.7. The maximum absolute atomic E-state index is 12.6. The maximum Gasteiger partial charge on any atom is 0.472 e. The first-order chi connectivity index (χ1) is 26.4. The molecule has 9 heteroatoms. The summed E-state index contributed by atoms with van der Waals surface area (Å²) in [5, 5.41) is 0. The van der Waals surface area contributed by atoms with Crippen LogP contribution in [0.4, 0.5) is 0 Å². The second-order valence-corrected chi connectivity index (χ2v) is 16.4. The Morgan fingerprint density at radius 3 is 1.48 bits per heavy atom. The van der Waals surface area contributed by atoms with Gasteiger partial charge in [0.15, 0.2) is 0 Å². The van der Waals surface area contributed by atoms with Gasteiger partial charge in [0.1, 0.15) is 6.10 Å². The van der Waals surface area contributed by atoms with E-state index < -0.39 is 13.9 Å². The van der Waals surface area contributed by atoms with Crippen LogP contribution in [0.25, 0.3) is 0 Å². The minimum atomic E-state index is -4.28. The lowest BCUT2D eigenvalue weighted by Crippen LogP contribution is -2.28. The van der Waals surface area contributed by atoms with Crippen molar-refractivity contribution < 1.29 is 32.8 Å². The fraction of sp³-hybridized carbons (Fsp3) is 0.844. The summed E-state index contributed by atoms with van der Waals surface area (Å²) in [5.74, 6) is -0.339. The number of hydrogen-bond donors (Lipinski definition) is 2. The summed E-state index contributed by atoms with van der Waals surface area (Å²) in [6.45, 7) is 4.90. The third-order valence-corrected chi connectivity index (χ3v) is 10.5. The Morgan fingerprint density at radius 2 is 0.981 bits per heavy atom. The maximum atomic E-state index is 12.6. The van der Waals surface area contributed by atoms with E-state index in [-0.39, 0.29) is 32.3 Å². The minimum Gasteiger partial charge on any atom is -0.457 e. The third kappa shape index (κ3) is 41.9. The van der Waals surface area contributed by atoms with Gasteiger partial charge in [-0.25, -0.2) is 4.57 Å². The molecule has 2 atom stereocenters. The van der Waals surface area contributed by atoms with Crippen molar-refractivity contribution in [1.82, 2.24) is 0 Å². The standard InChI is InChI=1S/C45H86NO7P/c1-3-5-7-9-11-13-15-17-19-21-22-24-26-28-30-32-34-36-38-45(47)53-44(43-52-54(48,49)51-41-39-46)42-50-40-37-35-33-31-29-27-25-23-20-18-16-14-12-10-8-6-4-2/h13,15,19-21,23,44H,3-12,14,16-18,22,24-43,46H2,1-2H3,(H,48,49)/b15-13-,21-19-,23-20-. The lowest BCUT2D eigenvalue weighted by Gasteiger charge is -2.20. The van der Waals surface area contributed by atoms with Gasteiger partial charge in [0.05, 0.1) is 19.8 Å². The van der Waals surface area contributed by atoms with Crippen LogP contribution < -0.4 is 5.73 Å².